The van der Waals surface area contributed by atoms with Crippen LogP contribution < -0.4 is 0 Å². The molecule has 0 aliphatic carbocycles. The molecule has 0 N–H and O–H groups in total. The van der Waals surface area contributed by atoms with E-state index in [4.69, 9.17) is 1.37 Å². The highest BCUT2D eigenvalue weighted by Crippen LogP contribution is 2.23. The summed E-state index contributed by atoms with van der Waals surface area (Å²) >= 11 is 0. The van der Waals surface area contributed by atoms with E-state index in [1.165, 1.54) is 16.7 Å². The van der Waals surface area contributed by atoms with Crippen molar-refractivity contribution in [2.45, 2.75) is 33.9 Å². The molecule has 0 aliphatic heterocycles. The second-order valence-electron chi connectivity index (χ2n) is 3.31. The van der Waals surface area contributed by atoms with E-state index in [2.05, 4.69) is 23.1 Å². The predicted octanol–water partition coefficient (Wildman–Crippen LogP) is 3.30. The van der Waals surface area contributed by atoms with Gasteiger partial charge in [-0.1, -0.05) is 6.04 Å². The van der Waals surface area contributed by atoms with Crippen molar-refractivity contribution in [2.24, 2.45) is 0 Å². The minimum absolute atomic E-state index is 0.706. The van der Waals surface area contributed by atoms with Crippen LogP contribution in [0.4, 0.5) is 0 Å². The highest BCUT2D eigenvalue weighted by molar-refractivity contribution is 7.15. The average Bonchev–Trinajstić information content (AvgIpc) is 2.13. The van der Waals surface area contributed by atoms with E-state index in [9.17, 15) is 0 Å². The van der Waals surface area contributed by atoms with E-state index < -0.39 is 0 Å². The lowest BCUT2D eigenvalue weighted by molar-refractivity contribution is 1.16. The van der Waals surface area contributed by atoms with Crippen molar-refractivity contribution in [2.75, 3.05) is 0 Å². The van der Waals surface area contributed by atoms with Crippen LogP contribution in [-0.4, -0.2) is 0 Å². The Labute approximate surface area is 79.0 Å². The van der Waals surface area contributed by atoms with E-state index in [0.717, 1.165) is 17.3 Å². The van der Waals surface area contributed by atoms with Crippen molar-refractivity contribution in [3.05, 3.63) is 33.9 Å². The van der Waals surface area contributed by atoms with Crippen molar-refractivity contribution >= 4 is 9.24 Å². The summed E-state index contributed by atoms with van der Waals surface area (Å²) in [4.78, 5) is 0. The van der Waals surface area contributed by atoms with E-state index >= 15 is 0 Å². The Morgan fingerprint density at radius 3 is 1.92 bits per heavy atom. The summed E-state index contributed by atoms with van der Waals surface area (Å²) < 4.78 is 7.89. The molecule has 0 saturated heterocycles. The molecule has 1 aromatic carbocycles. The quantitative estimate of drug-likeness (QED) is 0.584. The van der Waals surface area contributed by atoms with Crippen LogP contribution in [0.3, 0.4) is 0 Å². The summed E-state index contributed by atoms with van der Waals surface area (Å²) in [5.41, 5.74) is 6.20. The molecular weight excluding hydrogens is 163 g/mol. The standard InChI is InChI=1S/C11H17P/c1-7-5-8(2)10(4)11(6-12)9(7)3/h5H,6,12H2,1-4H3/i5T. The highest BCUT2D eigenvalue weighted by Gasteiger charge is 2.05. The summed E-state index contributed by atoms with van der Waals surface area (Å²) in [6.45, 7) is 8.29. The molecule has 66 valence electrons. The summed E-state index contributed by atoms with van der Waals surface area (Å²) in [6, 6.07) is 0.706. The van der Waals surface area contributed by atoms with Gasteiger partial charge < -0.3 is 0 Å². The van der Waals surface area contributed by atoms with Gasteiger partial charge in [-0.05, 0) is 61.7 Å². The molecule has 1 heteroatoms. The number of rotatable bonds is 1. The van der Waals surface area contributed by atoms with Gasteiger partial charge in [0, 0.05) is 0 Å². The third-order valence-corrected chi connectivity index (χ3v) is 3.02. The van der Waals surface area contributed by atoms with Crippen LogP contribution in [-0.2, 0) is 6.16 Å². The molecule has 0 heterocycles. The first-order valence-electron chi connectivity index (χ1n) is 4.76. The highest BCUT2D eigenvalue weighted by atomic mass is 31.0. The van der Waals surface area contributed by atoms with Crippen LogP contribution in [0.15, 0.2) is 6.04 Å². The first-order valence-corrected chi connectivity index (χ1v) is 5.08. The third-order valence-electron chi connectivity index (χ3n) is 2.61. The molecule has 12 heavy (non-hydrogen) atoms. The summed E-state index contributed by atoms with van der Waals surface area (Å²) in [6.07, 6.45) is 0.986. The van der Waals surface area contributed by atoms with Gasteiger partial charge in [-0.2, -0.15) is 0 Å². The Morgan fingerprint density at radius 1 is 1.17 bits per heavy atom. The zero-order chi connectivity index (χ0) is 10.2. The van der Waals surface area contributed by atoms with E-state index in [1.807, 2.05) is 13.8 Å². The topological polar surface area (TPSA) is 0 Å². The fraction of sp³-hybridized carbons (Fsp3) is 0.455. The largest absolute Gasteiger partial charge is 0.133 e. The Bertz CT molecular complexity index is 313. The van der Waals surface area contributed by atoms with Crippen molar-refractivity contribution in [3.8, 4) is 0 Å². The van der Waals surface area contributed by atoms with Gasteiger partial charge in [0.2, 0.25) is 0 Å². The lowest BCUT2D eigenvalue weighted by atomic mass is 9.95. The first-order chi connectivity index (χ1) is 6.00. The van der Waals surface area contributed by atoms with Crippen LogP contribution >= 0.6 is 9.24 Å². The summed E-state index contributed by atoms with van der Waals surface area (Å²) in [5, 5.41) is 0. The fourth-order valence-electron chi connectivity index (χ4n) is 1.51. The molecule has 0 amide bonds. The van der Waals surface area contributed by atoms with Crippen LogP contribution in [0, 0.1) is 27.7 Å². The van der Waals surface area contributed by atoms with Crippen LogP contribution in [0.1, 0.15) is 29.2 Å². The summed E-state index contributed by atoms with van der Waals surface area (Å²) in [5.74, 6) is 0. The molecule has 0 aliphatic rings. The molecule has 1 unspecified atom stereocenters. The van der Waals surface area contributed by atoms with Gasteiger partial charge in [0.05, 0.1) is 1.37 Å². The summed E-state index contributed by atoms with van der Waals surface area (Å²) in [7, 11) is 2.76. The molecule has 0 nitrogen and oxygen atoms in total. The Kier molecular flexibility index (Phi) is 2.46. The lowest BCUT2D eigenvalue weighted by Gasteiger charge is -2.13. The first kappa shape index (κ1) is 8.26. The second kappa shape index (κ2) is 3.58. The number of hydrogen-bond donors (Lipinski definition) is 0. The van der Waals surface area contributed by atoms with Crippen molar-refractivity contribution in [3.63, 3.8) is 0 Å². The van der Waals surface area contributed by atoms with Crippen molar-refractivity contribution in [1.82, 2.24) is 0 Å². The third kappa shape index (κ3) is 1.54. The second-order valence-corrected chi connectivity index (χ2v) is 3.72. The Morgan fingerprint density at radius 2 is 1.58 bits per heavy atom. The minimum Gasteiger partial charge on any atom is -0.133 e. The molecule has 0 saturated carbocycles. The average molecular weight is 182 g/mol. The smallest absolute Gasteiger partial charge is 0.0629 e. The molecule has 0 fully saturated rings. The van der Waals surface area contributed by atoms with Gasteiger partial charge in [-0.3, -0.25) is 0 Å². The Hall–Kier alpha value is -0.350. The maximum atomic E-state index is 7.89. The number of benzene rings is 1. The minimum atomic E-state index is 0.706. The Balaban J connectivity index is 3.56. The van der Waals surface area contributed by atoms with Gasteiger partial charge >= 0.3 is 0 Å². The van der Waals surface area contributed by atoms with Gasteiger partial charge in [-0.25, -0.2) is 0 Å². The van der Waals surface area contributed by atoms with E-state index in [1.54, 1.807) is 0 Å². The van der Waals surface area contributed by atoms with Crippen LogP contribution in [0.2, 0.25) is 0 Å². The monoisotopic (exact) mass is 182 g/mol. The maximum absolute atomic E-state index is 7.89. The van der Waals surface area contributed by atoms with Gasteiger partial charge in [-0.15, -0.1) is 9.24 Å². The zero-order valence-electron chi connectivity index (χ0n) is 9.28. The molecule has 0 radical (unpaired) electrons. The molecule has 0 bridgehead atoms. The van der Waals surface area contributed by atoms with Gasteiger partial charge in [0.15, 0.2) is 0 Å². The van der Waals surface area contributed by atoms with Gasteiger partial charge in [0.1, 0.15) is 0 Å². The molecule has 1 atom stereocenters. The molecule has 1 aromatic rings. The van der Waals surface area contributed by atoms with Crippen molar-refractivity contribution in [1.29, 1.82) is 0 Å². The zero-order valence-corrected chi connectivity index (χ0v) is 9.44. The lowest BCUT2D eigenvalue weighted by Crippen LogP contribution is -1.96. The molecule has 1 rings (SSSR count). The number of hydrogen-bond acceptors (Lipinski definition) is 0. The van der Waals surface area contributed by atoms with E-state index in [-0.39, 0.29) is 0 Å². The van der Waals surface area contributed by atoms with Crippen LogP contribution in [0.25, 0.3) is 0 Å². The van der Waals surface area contributed by atoms with Gasteiger partial charge in [0.25, 0.3) is 0 Å². The van der Waals surface area contributed by atoms with Crippen LogP contribution in [0.5, 0.6) is 0 Å². The molecule has 0 spiro atoms. The molecular formula is C11H17P. The predicted molar refractivity (Wildman–Crippen MR) is 58.8 cm³/mol. The fourth-order valence-corrected chi connectivity index (χ4v) is 2.12. The maximum Gasteiger partial charge on any atom is 0.0629 e. The van der Waals surface area contributed by atoms with E-state index in [0.29, 0.717) is 6.04 Å². The molecule has 0 aromatic heterocycles. The van der Waals surface area contributed by atoms with Crippen molar-refractivity contribution < 1.29 is 1.37 Å². The SMILES string of the molecule is [3H]c1c(C)c(C)c(CP)c(C)c1C. The normalized spacial score (nSPS) is 11.6.